The third kappa shape index (κ3) is 5.51. The molecule has 1 aromatic heterocycles. The monoisotopic (exact) mass is 698 g/mol. The molecular weight excluding hydrogens is 676 g/mol. The van der Waals surface area contributed by atoms with E-state index in [1.807, 2.05) is 0 Å². The number of nitrogens with zero attached hydrogens (tertiary/aromatic N) is 5. The van der Waals surface area contributed by atoms with Gasteiger partial charge < -0.3 is 41.2 Å². The Morgan fingerprint density at radius 2 is 1.93 bits per heavy atom. The summed E-state index contributed by atoms with van der Waals surface area (Å²) in [4.78, 5) is 85.1. The van der Waals surface area contributed by atoms with Crippen LogP contribution in [-0.4, -0.2) is 124 Å². The van der Waals surface area contributed by atoms with Gasteiger partial charge in [0.05, 0.1) is 23.7 Å². The molecule has 0 bridgehead atoms. The fourth-order valence-electron chi connectivity index (χ4n) is 4.68. The van der Waals surface area contributed by atoms with Crippen molar-refractivity contribution in [1.29, 1.82) is 0 Å². The fourth-order valence-corrected chi connectivity index (χ4v) is 7.11. The average Bonchev–Trinajstić information content (AvgIpc) is 3.70. The lowest BCUT2D eigenvalue weighted by atomic mass is 10.1. The number of halogens is 1. The number of urea groups is 1. The molecule has 19 nitrogen and oxygen atoms in total. The van der Waals surface area contributed by atoms with Crippen molar-refractivity contribution >= 4 is 81.2 Å². The molecule has 0 spiro atoms. The van der Waals surface area contributed by atoms with Crippen LogP contribution in [0, 0.1) is 0 Å². The van der Waals surface area contributed by atoms with E-state index >= 15 is 0 Å². The summed E-state index contributed by atoms with van der Waals surface area (Å²) in [7, 11) is 0. The van der Waals surface area contributed by atoms with Crippen LogP contribution < -0.4 is 16.5 Å². The number of thioether (sulfide) groups is 1. The van der Waals surface area contributed by atoms with Crippen molar-refractivity contribution in [2.24, 2.45) is 5.16 Å². The number of carbonyl (C=O) groups excluding carboxylic acids is 4. The average molecular weight is 699 g/mol. The van der Waals surface area contributed by atoms with Gasteiger partial charge in [-0.3, -0.25) is 24.7 Å². The van der Waals surface area contributed by atoms with Crippen LogP contribution in [0.5, 0.6) is 11.5 Å². The highest BCUT2D eigenvalue weighted by Crippen LogP contribution is 2.49. The van der Waals surface area contributed by atoms with Gasteiger partial charge >= 0.3 is 18.0 Å². The topological polar surface area (TPSA) is 278 Å². The highest BCUT2D eigenvalue weighted by atomic mass is 35.5. The first-order chi connectivity index (χ1) is 21.7. The number of phenols is 2. The first-order valence-electron chi connectivity index (χ1n) is 13.0. The summed E-state index contributed by atoms with van der Waals surface area (Å²) in [6.45, 7) is 0.382. The van der Waals surface area contributed by atoms with E-state index < -0.39 is 86.9 Å². The molecule has 8 N–H and O–H groups in total. The molecule has 2 aromatic rings. The standard InChI is InChI=1S/C24H23ClN8O11S2/c1-8(20(39)40)44-30-13(10-6-45-22(26)27-10)17(37)28-14-18(38)31-7-24(21(41)42,46-19(14)31)32-4-5-33(23(32)43)29-16(36)9-2-3-11(34)15(35)12(9)25/h2-3,6,8,14,19,34-35H,4-5,7H2,1H3,(H2,26,27)(H,28,37)(H,29,36)(H,39,40)(H,41,42)/b30-13-/t8-,14?,19-,24-/m1/s1. The Labute approximate surface area is 270 Å². The Bertz CT molecular complexity index is 1710. The number of aromatic nitrogens is 1. The Hall–Kier alpha value is -5.02. The SMILES string of the molecule is C[C@@H](O/N=C(\C(=O)NC1C(=O)N2C[C@@](C(=O)O)(N3CCN(NC(=O)c4ccc(O)c(O)c4Cl)C3=O)S[C@H]12)c1csc(N)n1)C(=O)O. The number of hydrazine groups is 1. The third-order valence-electron chi connectivity index (χ3n) is 7.11. The number of benzene rings is 1. The van der Waals surface area contributed by atoms with Crippen molar-refractivity contribution in [3.63, 3.8) is 0 Å². The van der Waals surface area contributed by atoms with E-state index in [0.29, 0.717) is 0 Å². The molecule has 244 valence electrons. The Morgan fingerprint density at radius 1 is 1.22 bits per heavy atom. The third-order valence-corrected chi connectivity index (χ3v) is 9.85. The van der Waals surface area contributed by atoms with Crippen molar-refractivity contribution in [3.8, 4) is 11.5 Å². The maximum Gasteiger partial charge on any atom is 0.347 e. The van der Waals surface area contributed by atoms with Gasteiger partial charge in [0, 0.05) is 11.9 Å². The van der Waals surface area contributed by atoms with Gasteiger partial charge in [0.1, 0.15) is 17.1 Å². The van der Waals surface area contributed by atoms with Crippen LogP contribution in [0.15, 0.2) is 22.7 Å². The number of rotatable bonds is 10. The van der Waals surface area contributed by atoms with E-state index in [2.05, 4.69) is 20.9 Å². The minimum atomic E-state index is -2.01. The van der Waals surface area contributed by atoms with Crippen LogP contribution in [0.4, 0.5) is 9.93 Å². The summed E-state index contributed by atoms with van der Waals surface area (Å²) in [6.07, 6.45) is -1.44. The Morgan fingerprint density at radius 3 is 2.57 bits per heavy atom. The molecule has 5 rings (SSSR count). The van der Waals surface area contributed by atoms with Gasteiger partial charge in [0.15, 0.2) is 22.3 Å². The summed E-state index contributed by atoms with van der Waals surface area (Å²) >= 11 is 7.61. The number of amides is 5. The van der Waals surface area contributed by atoms with Gasteiger partial charge in [-0.15, -0.1) is 11.3 Å². The largest absolute Gasteiger partial charge is 0.504 e. The van der Waals surface area contributed by atoms with Crippen LogP contribution in [0.3, 0.4) is 0 Å². The number of phenolic OH excluding ortho intramolecular Hbond substituents is 2. The molecular formula is C24H23ClN8O11S2. The number of oxime groups is 1. The van der Waals surface area contributed by atoms with Gasteiger partial charge in [-0.05, 0) is 19.1 Å². The van der Waals surface area contributed by atoms with Crippen molar-refractivity contribution in [2.75, 3.05) is 25.4 Å². The number of fused-ring (bicyclic) bond motifs is 1. The second-order valence-electron chi connectivity index (χ2n) is 9.93. The van der Waals surface area contributed by atoms with Crippen LogP contribution >= 0.6 is 34.7 Å². The number of nitrogens with two attached hydrogens (primary N) is 1. The van der Waals surface area contributed by atoms with E-state index in [1.165, 1.54) is 12.3 Å². The highest BCUT2D eigenvalue weighted by molar-refractivity contribution is 8.02. The van der Waals surface area contributed by atoms with Gasteiger partial charge in [-0.25, -0.2) is 24.4 Å². The molecule has 3 aliphatic rings. The number of β-lactam (4-membered cyclic amide) rings is 1. The number of hydrogen-bond donors (Lipinski definition) is 7. The van der Waals surface area contributed by atoms with E-state index in [9.17, 15) is 44.1 Å². The molecule has 3 fully saturated rings. The van der Waals surface area contributed by atoms with Crippen molar-refractivity contribution in [2.45, 2.75) is 29.3 Å². The van der Waals surface area contributed by atoms with E-state index in [0.717, 1.165) is 50.0 Å². The Kier molecular flexibility index (Phi) is 8.49. The quantitative estimate of drug-likeness (QED) is 0.0696. The molecule has 1 unspecified atom stereocenters. The number of aromatic hydroxyl groups is 2. The van der Waals surface area contributed by atoms with Crippen LogP contribution in [-0.2, 0) is 24.0 Å². The lowest BCUT2D eigenvalue weighted by Gasteiger charge is -2.41. The summed E-state index contributed by atoms with van der Waals surface area (Å²) in [5.41, 5.74) is 7.12. The number of hydrogen-bond acceptors (Lipinski definition) is 14. The molecule has 3 aliphatic heterocycles. The first kappa shape index (κ1) is 32.4. The Balaban J connectivity index is 1.31. The number of carboxylic acid groups (broad SMARTS) is 2. The number of anilines is 1. The molecule has 3 saturated heterocycles. The second-order valence-corrected chi connectivity index (χ2v) is 12.6. The highest BCUT2D eigenvalue weighted by Gasteiger charge is 2.66. The molecule has 1 aromatic carbocycles. The van der Waals surface area contributed by atoms with E-state index in [-0.39, 0.29) is 29.5 Å². The zero-order valence-electron chi connectivity index (χ0n) is 23.2. The zero-order valence-corrected chi connectivity index (χ0v) is 25.6. The number of carbonyl (C=O) groups is 6. The van der Waals surface area contributed by atoms with Crippen molar-refractivity contribution in [3.05, 3.63) is 33.8 Å². The molecule has 0 radical (unpaired) electrons. The minimum Gasteiger partial charge on any atom is -0.504 e. The van der Waals surface area contributed by atoms with Crippen LogP contribution in [0.1, 0.15) is 23.0 Å². The smallest absolute Gasteiger partial charge is 0.347 e. The lowest BCUT2D eigenvalue weighted by Crippen LogP contribution is -2.68. The molecule has 4 heterocycles. The lowest BCUT2D eigenvalue weighted by molar-refractivity contribution is -0.151. The number of nitrogens with one attached hydrogen (secondary N) is 2. The van der Waals surface area contributed by atoms with Crippen molar-refractivity contribution < 1.29 is 54.0 Å². The molecule has 5 amide bonds. The zero-order chi connectivity index (χ0) is 33.7. The van der Waals surface area contributed by atoms with Crippen molar-refractivity contribution in [1.82, 2.24) is 30.5 Å². The number of nitrogen functional groups attached to an aromatic ring is 1. The van der Waals surface area contributed by atoms with E-state index in [4.69, 9.17) is 27.3 Å². The van der Waals surface area contributed by atoms with Crippen LogP contribution in [0.2, 0.25) is 5.02 Å². The number of carboxylic acids is 2. The molecule has 22 heteroatoms. The summed E-state index contributed by atoms with van der Waals surface area (Å²) in [5, 5.41) is 45.6. The number of thiazole rings is 1. The summed E-state index contributed by atoms with van der Waals surface area (Å²) < 4.78 is 0. The van der Waals surface area contributed by atoms with Crippen LogP contribution in [0.25, 0.3) is 0 Å². The predicted octanol–water partition coefficient (Wildman–Crippen LogP) is -0.753. The maximum atomic E-state index is 13.3. The van der Waals surface area contributed by atoms with Gasteiger partial charge in [0.2, 0.25) is 16.9 Å². The molecule has 4 atom stereocenters. The van der Waals surface area contributed by atoms with Gasteiger partial charge in [-0.1, -0.05) is 28.5 Å². The van der Waals surface area contributed by atoms with Gasteiger partial charge in [-0.2, -0.15) is 0 Å². The van der Waals surface area contributed by atoms with E-state index in [1.54, 1.807) is 0 Å². The summed E-state index contributed by atoms with van der Waals surface area (Å²) in [6, 6.07) is -0.0583. The second kappa shape index (κ2) is 12.1. The maximum absolute atomic E-state index is 13.3. The summed E-state index contributed by atoms with van der Waals surface area (Å²) in [5.74, 6) is -6.72. The molecule has 0 aliphatic carbocycles. The minimum absolute atomic E-state index is 0.0613. The van der Waals surface area contributed by atoms with Gasteiger partial charge in [0.25, 0.3) is 11.8 Å². The fraction of sp³-hybridized carbons (Fsp3) is 0.333. The predicted molar refractivity (Wildman–Crippen MR) is 158 cm³/mol. The number of aliphatic carboxylic acids is 2. The molecule has 46 heavy (non-hydrogen) atoms. The first-order valence-corrected chi connectivity index (χ1v) is 15.1. The molecule has 0 saturated carbocycles. The normalized spacial score (nSPS) is 23.1.